The smallest absolute Gasteiger partial charge is 0.231 e. The fraction of sp³-hybridized carbons (Fsp3) is 0.538. The minimum Gasteiger partial charge on any atom is -0.493 e. The summed E-state index contributed by atoms with van der Waals surface area (Å²) < 4.78 is 40.8. The SMILES string of the molecule is COc1cc2ccc1OC[C@H]1O[C@@H](OC[C@H]3[C@H](CO)[C@@H](c4ccc5c(c4)OCO5)O[C@H]23)[C@H](O)[C@@H](O)[C@@H]1O. The first kappa shape index (κ1) is 24.7. The highest BCUT2D eigenvalue weighted by Gasteiger charge is 2.49. The van der Waals surface area contributed by atoms with Crippen LogP contribution in [0.5, 0.6) is 23.0 Å². The summed E-state index contributed by atoms with van der Waals surface area (Å²) in [6, 6.07) is 11.0. The third kappa shape index (κ3) is 4.30. The van der Waals surface area contributed by atoms with Crippen molar-refractivity contribution < 1.29 is 53.6 Å². The molecule has 9 atom stereocenters. The molecule has 37 heavy (non-hydrogen) atoms. The van der Waals surface area contributed by atoms with Gasteiger partial charge in [0.1, 0.15) is 31.0 Å². The Morgan fingerprint density at radius 1 is 0.811 bits per heavy atom. The van der Waals surface area contributed by atoms with E-state index in [4.69, 9.17) is 33.2 Å². The Balaban J connectivity index is 1.38. The van der Waals surface area contributed by atoms with Gasteiger partial charge in [0.05, 0.1) is 25.9 Å². The lowest BCUT2D eigenvalue weighted by Crippen LogP contribution is -2.59. The zero-order valence-electron chi connectivity index (χ0n) is 20.1. The molecule has 5 aliphatic heterocycles. The quantitative estimate of drug-likeness (QED) is 0.455. The van der Waals surface area contributed by atoms with Gasteiger partial charge in [-0.15, -0.1) is 0 Å². The molecule has 2 fully saturated rings. The van der Waals surface area contributed by atoms with E-state index in [9.17, 15) is 20.4 Å². The van der Waals surface area contributed by atoms with Gasteiger partial charge in [0.25, 0.3) is 0 Å². The van der Waals surface area contributed by atoms with Crippen molar-refractivity contribution >= 4 is 0 Å². The van der Waals surface area contributed by atoms with Crippen molar-refractivity contribution in [2.45, 2.75) is 42.9 Å². The summed E-state index contributed by atoms with van der Waals surface area (Å²) in [6.45, 7) is -0.110. The maximum absolute atomic E-state index is 10.5. The third-order valence-electron chi connectivity index (χ3n) is 7.60. The van der Waals surface area contributed by atoms with Gasteiger partial charge in [0.15, 0.2) is 29.3 Å². The van der Waals surface area contributed by atoms with E-state index in [1.54, 1.807) is 6.07 Å². The molecular formula is C26H30O11. The molecule has 4 N–H and O–H groups in total. The number of hydrogen-bond donors (Lipinski definition) is 4. The molecule has 200 valence electrons. The Morgan fingerprint density at radius 2 is 1.57 bits per heavy atom. The van der Waals surface area contributed by atoms with Crippen LogP contribution in [-0.4, -0.2) is 84.9 Å². The topological polar surface area (TPSA) is 146 Å². The van der Waals surface area contributed by atoms with Gasteiger partial charge < -0.3 is 53.6 Å². The van der Waals surface area contributed by atoms with Gasteiger partial charge in [-0.2, -0.15) is 0 Å². The molecule has 2 aromatic rings. The summed E-state index contributed by atoms with van der Waals surface area (Å²) in [7, 11) is 1.52. The molecule has 11 heteroatoms. The normalized spacial score (nSPS) is 36.6. The van der Waals surface area contributed by atoms with Gasteiger partial charge in [-0.3, -0.25) is 0 Å². The number of benzene rings is 2. The molecule has 0 amide bonds. The van der Waals surface area contributed by atoms with Crippen LogP contribution in [0.15, 0.2) is 36.4 Å². The van der Waals surface area contributed by atoms with E-state index in [1.165, 1.54) is 7.11 Å². The van der Waals surface area contributed by atoms with E-state index in [-0.39, 0.29) is 38.4 Å². The van der Waals surface area contributed by atoms with Crippen LogP contribution >= 0.6 is 0 Å². The Morgan fingerprint density at radius 3 is 2.35 bits per heavy atom. The Kier molecular flexibility index (Phi) is 6.61. The molecule has 0 saturated carbocycles. The Labute approximate surface area is 213 Å². The van der Waals surface area contributed by atoms with Crippen LogP contribution in [0.1, 0.15) is 23.3 Å². The fourth-order valence-electron chi connectivity index (χ4n) is 5.54. The lowest BCUT2D eigenvalue weighted by Gasteiger charge is -2.40. The second-order valence-corrected chi connectivity index (χ2v) is 9.67. The van der Waals surface area contributed by atoms with E-state index in [0.29, 0.717) is 23.0 Å². The largest absolute Gasteiger partial charge is 0.493 e. The first-order valence-corrected chi connectivity index (χ1v) is 12.3. The lowest BCUT2D eigenvalue weighted by atomic mass is 9.83. The van der Waals surface area contributed by atoms with E-state index in [1.807, 2.05) is 30.3 Å². The van der Waals surface area contributed by atoms with Gasteiger partial charge >= 0.3 is 0 Å². The van der Waals surface area contributed by atoms with Crippen molar-refractivity contribution in [2.75, 3.05) is 33.7 Å². The molecule has 5 aliphatic rings. The number of fused-ring (bicyclic) bond motifs is 5. The van der Waals surface area contributed by atoms with Crippen LogP contribution in [0, 0.1) is 11.8 Å². The summed E-state index contributed by atoms with van der Waals surface area (Å²) in [5, 5.41) is 41.9. The van der Waals surface area contributed by atoms with Crippen molar-refractivity contribution in [3.8, 4) is 23.0 Å². The van der Waals surface area contributed by atoms with Crippen LogP contribution < -0.4 is 18.9 Å². The highest BCUT2D eigenvalue weighted by atomic mass is 16.7. The molecule has 4 bridgehead atoms. The first-order valence-electron chi connectivity index (χ1n) is 12.3. The van der Waals surface area contributed by atoms with Crippen molar-refractivity contribution in [1.29, 1.82) is 0 Å². The summed E-state index contributed by atoms with van der Waals surface area (Å²) in [5.74, 6) is 1.37. The molecule has 0 aromatic heterocycles. The van der Waals surface area contributed by atoms with Gasteiger partial charge in [-0.25, -0.2) is 0 Å². The van der Waals surface area contributed by atoms with Gasteiger partial charge in [0, 0.05) is 18.4 Å². The molecule has 2 saturated heterocycles. The zero-order chi connectivity index (χ0) is 25.7. The maximum atomic E-state index is 10.5. The Hall–Kier alpha value is -2.64. The molecule has 11 nitrogen and oxygen atoms in total. The number of hydrogen-bond acceptors (Lipinski definition) is 11. The fourth-order valence-corrected chi connectivity index (χ4v) is 5.54. The van der Waals surface area contributed by atoms with Crippen LogP contribution in [0.25, 0.3) is 0 Å². The predicted octanol–water partition coefficient (Wildman–Crippen LogP) is 0.678. The van der Waals surface area contributed by atoms with Crippen LogP contribution in [-0.2, 0) is 14.2 Å². The standard InChI is InChI=1S/C26H30O11/c1-31-18-6-12-2-4-16(18)32-10-20-21(28)22(29)23(30)26(36-20)33-9-15-14(8-27)24(37-25(12)15)13-3-5-17-19(7-13)35-11-34-17/h2-7,14-15,20-30H,8-11H2,1H3/t14-,15-,20+,21+,22-,23+,24+,25+,26+/m0/s1. The molecule has 7 rings (SSSR count). The average molecular weight is 519 g/mol. The molecular weight excluding hydrogens is 488 g/mol. The van der Waals surface area contributed by atoms with Gasteiger partial charge in [0.2, 0.25) is 6.79 Å². The second kappa shape index (κ2) is 9.91. The summed E-state index contributed by atoms with van der Waals surface area (Å²) in [4.78, 5) is 0. The minimum absolute atomic E-state index is 0.0408. The number of ether oxygens (including phenoxy) is 7. The van der Waals surface area contributed by atoms with Crippen LogP contribution in [0.4, 0.5) is 0 Å². The number of rotatable bonds is 3. The highest BCUT2D eigenvalue weighted by molar-refractivity contribution is 5.46. The number of aliphatic hydroxyl groups is 4. The molecule has 5 heterocycles. The monoisotopic (exact) mass is 518 g/mol. The minimum atomic E-state index is -1.49. The first-order chi connectivity index (χ1) is 18.0. The van der Waals surface area contributed by atoms with Crippen molar-refractivity contribution in [3.05, 3.63) is 47.5 Å². The lowest BCUT2D eigenvalue weighted by molar-refractivity contribution is -0.303. The number of methoxy groups -OCH3 is 1. The van der Waals surface area contributed by atoms with Crippen LogP contribution in [0.3, 0.4) is 0 Å². The van der Waals surface area contributed by atoms with Gasteiger partial charge in [-0.05, 0) is 35.4 Å². The summed E-state index contributed by atoms with van der Waals surface area (Å²) in [5.41, 5.74) is 1.61. The van der Waals surface area contributed by atoms with E-state index in [0.717, 1.165) is 11.1 Å². The zero-order valence-corrected chi connectivity index (χ0v) is 20.1. The van der Waals surface area contributed by atoms with E-state index < -0.39 is 42.9 Å². The van der Waals surface area contributed by atoms with Crippen molar-refractivity contribution in [3.63, 3.8) is 0 Å². The summed E-state index contributed by atoms with van der Waals surface area (Å²) in [6.07, 6.45) is -7.53. The highest BCUT2D eigenvalue weighted by Crippen LogP contribution is 2.51. The molecule has 0 unspecified atom stereocenters. The van der Waals surface area contributed by atoms with Crippen molar-refractivity contribution in [1.82, 2.24) is 0 Å². The van der Waals surface area contributed by atoms with Crippen molar-refractivity contribution in [2.24, 2.45) is 11.8 Å². The molecule has 0 radical (unpaired) electrons. The van der Waals surface area contributed by atoms with Gasteiger partial charge in [-0.1, -0.05) is 12.1 Å². The average Bonchev–Trinajstić information content (AvgIpc) is 3.54. The molecule has 0 aliphatic carbocycles. The Bertz CT molecular complexity index is 1130. The third-order valence-corrected chi connectivity index (χ3v) is 7.60. The summed E-state index contributed by atoms with van der Waals surface area (Å²) >= 11 is 0. The second-order valence-electron chi connectivity index (χ2n) is 9.67. The van der Waals surface area contributed by atoms with E-state index >= 15 is 0 Å². The number of aliphatic hydroxyl groups excluding tert-OH is 4. The van der Waals surface area contributed by atoms with E-state index in [2.05, 4.69) is 0 Å². The molecule has 2 aromatic carbocycles. The maximum Gasteiger partial charge on any atom is 0.231 e. The molecule has 0 spiro atoms. The predicted molar refractivity (Wildman–Crippen MR) is 124 cm³/mol. The van der Waals surface area contributed by atoms with Crippen LogP contribution in [0.2, 0.25) is 0 Å².